The standard InChI is InChI=1S/C24H34BrNO2/c1-7-27-21-14-19(15-26-24(5,6)17-23(2,3)4)13-20(25)22(21)28-16-18-11-9-8-10-12-18/h8-14,26H,7,15-17H2,1-6H3. The Labute approximate surface area is 179 Å². The predicted molar refractivity (Wildman–Crippen MR) is 121 cm³/mol. The predicted octanol–water partition coefficient (Wildman–Crippen LogP) is 6.73. The summed E-state index contributed by atoms with van der Waals surface area (Å²) in [5, 5.41) is 3.69. The molecule has 0 unspecified atom stereocenters. The van der Waals surface area contributed by atoms with Crippen LogP contribution in [0.5, 0.6) is 11.5 Å². The zero-order chi connectivity index (χ0) is 20.8. The molecule has 0 amide bonds. The van der Waals surface area contributed by atoms with E-state index in [1.807, 2.05) is 25.1 Å². The second-order valence-electron chi connectivity index (χ2n) is 9.09. The van der Waals surface area contributed by atoms with E-state index in [-0.39, 0.29) is 11.0 Å². The van der Waals surface area contributed by atoms with Gasteiger partial charge in [0.1, 0.15) is 6.61 Å². The lowest BCUT2D eigenvalue weighted by molar-refractivity contribution is 0.240. The molecule has 28 heavy (non-hydrogen) atoms. The maximum atomic E-state index is 6.08. The second kappa shape index (κ2) is 9.80. The SMILES string of the molecule is CCOc1cc(CNC(C)(C)CC(C)(C)C)cc(Br)c1OCc1ccccc1. The number of rotatable bonds is 9. The lowest BCUT2D eigenvalue weighted by atomic mass is 9.82. The summed E-state index contributed by atoms with van der Waals surface area (Å²) in [4.78, 5) is 0. The van der Waals surface area contributed by atoms with Crippen LogP contribution in [0.1, 0.15) is 59.1 Å². The van der Waals surface area contributed by atoms with Crippen LogP contribution in [0.3, 0.4) is 0 Å². The summed E-state index contributed by atoms with van der Waals surface area (Å²) in [7, 11) is 0. The van der Waals surface area contributed by atoms with Crippen molar-refractivity contribution in [3.8, 4) is 11.5 Å². The minimum absolute atomic E-state index is 0.0545. The van der Waals surface area contributed by atoms with Crippen molar-refractivity contribution >= 4 is 15.9 Å². The van der Waals surface area contributed by atoms with Gasteiger partial charge in [-0.05, 0) is 71.8 Å². The molecule has 0 aliphatic heterocycles. The van der Waals surface area contributed by atoms with Crippen LogP contribution in [-0.2, 0) is 13.2 Å². The van der Waals surface area contributed by atoms with Crippen LogP contribution in [0.15, 0.2) is 46.9 Å². The fourth-order valence-corrected chi connectivity index (χ4v) is 4.19. The van der Waals surface area contributed by atoms with E-state index in [9.17, 15) is 0 Å². The molecule has 0 radical (unpaired) electrons. The molecule has 0 saturated carbocycles. The normalized spacial score (nSPS) is 12.1. The van der Waals surface area contributed by atoms with Crippen LogP contribution < -0.4 is 14.8 Å². The van der Waals surface area contributed by atoms with Crippen LogP contribution >= 0.6 is 15.9 Å². The molecule has 0 aliphatic carbocycles. The minimum Gasteiger partial charge on any atom is -0.490 e. The molecule has 0 heterocycles. The molecule has 154 valence electrons. The van der Waals surface area contributed by atoms with E-state index in [2.05, 4.69) is 80.1 Å². The largest absolute Gasteiger partial charge is 0.490 e. The van der Waals surface area contributed by atoms with Gasteiger partial charge in [0.15, 0.2) is 11.5 Å². The molecule has 0 atom stereocenters. The van der Waals surface area contributed by atoms with Gasteiger partial charge in [0.05, 0.1) is 11.1 Å². The molecule has 0 saturated heterocycles. The van der Waals surface area contributed by atoms with E-state index in [1.54, 1.807) is 0 Å². The van der Waals surface area contributed by atoms with Gasteiger partial charge in [0, 0.05) is 12.1 Å². The monoisotopic (exact) mass is 447 g/mol. The van der Waals surface area contributed by atoms with Crippen LogP contribution in [0.25, 0.3) is 0 Å². The van der Waals surface area contributed by atoms with Gasteiger partial charge in [-0.25, -0.2) is 0 Å². The topological polar surface area (TPSA) is 30.5 Å². The zero-order valence-corrected chi connectivity index (χ0v) is 19.7. The van der Waals surface area contributed by atoms with E-state index in [0.717, 1.165) is 34.5 Å². The zero-order valence-electron chi connectivity index (χ0n) is 18.1. The van der Waals surface area contributed by atoms with Crippen molar-refractivity contribution in [3.05, 3.63) is 58.1 Å². The van der Waals surface area contributed by atoms with Crippen molar-refractivity contribution in [2.45, 2.75) is 66.7 Å². The number of nitrogens with one attached hydrogen (secondary N) is 1. The molecular weight excluding hydrogens is 414 g/mol. The number of hydrogen-bond donors (Lipinski definition) is 1. The fourth-order valence-electron chi connectivity index (χ4n) is 3.59. The highest BCUT2D eigenvalue weighted by atomic mass is 79.9. The first-order valence-corrected chi connectivity index (χ1v) is 10.8. The molecule has 4 heteroatoms. The van der Waals surface area contributed by atoms with Gasteiger partial charge < -0.3 is 14.8 Å². The summed E-state index contributed by atoms with van der Waals surface area (Å²) in [6.45, 7) is 15.2. The van der Waals surface area contributed by atoms with Crippen molar-refractivity contribution in [2.24, 2.45) is 5.41 Å². The highest BCUT2D eigenvalue weighted by Crippen LogP contribution is 2.38. The third kappa shape index (κ3) is 7.48. The molecule has 0 bridgehead atoms. The lowest BCUT2D eigenvalue weighted by Gasteiger charge is -2.33. The number of benzene rings is 2. The van der Waals surface area contributed by atoms with Gasteiger partial charge in [-0.3, -0.25) is 0 Å². The Bertz CT molecular complexity index is 751. The van der Waals surface area contributed by atoms with Crippen molar-refractivity contribution in [3.63, 3.8) is 0 Å². The smallest absolute Gasteiger partial charge is 0.175 e. The Morgan fingerprint density at radius 2 is 1.61 bits per heavy atom. The van der Waals surface area contributed by atoms with Crippen molar-refractivity contribution < 1.29 is 9.47 Å². The van der Waals surface area contributed by atoms with Gasteiger partial charge in [-0.1, -0.05) is 51.1 Å². The second-order valence-corrected chi connectivity index (χ2v) is 9.94. The first kappa shape index (κ1) is 22.8. The Balaban J connectivity index is 2.12. The Hall–Kier alpha value is -1.52. The molecule has 2 aromatic rings. The summed E-state index contributed by atoms with van der Waals surface area (Å²) < 4.78 is 12.9. The average Bonchev–Trinajstić information content (AvgIpc) is 2.58. The van der Waals surface area contributed by atoms with E-state index >= 15 is 0 Å². The molecule has 0 aromatic heterocycles. The quantitative estimate of drug-likeness (QED) is 0.461. The molecule has 1 N–H and O–H groups in total. The number of halogens is 1. The van der Waals surface area contributed by atoms with Crippen molar-refractivity contribution in [2.75, 3.05) is 6.61 Å². The molecule has 2 rings (SSSR count). The Morgan fingerprint density at radius 1 is 0.929 bits per heavy atom. The van der Waals surface area contributed by atoms with Crippen LogP contribution in [-0.4, -0.2) is 12.1 Å². The summed E-state index contributed by atoms with van der Waals surface area (Å²) in [6, 6.07) is 14.4. The van der Waals surface area contributed by atoms with Crippen LogP contribution in [0.2, 0.25) is 0 Å². The van der Waals surface area contributed by atoms with Crippen LogP contribution in [0.4, 0.5) is 0 Å². The molecule has 3 nitrogen and oxygen atoms in total. The van der Waals surface area contributed by atoms with Gasteiger partial charge in [-0.15, -0.1) is 0 Å². The van der Waals surface area contributed by atoms with Gasteiger partial charge in [0.2, 0.25) is 0 Å². The van der Waals surface area contributed by atoms with Gasteiger partial charge in [-0.2, -0.15) is 0 Å². The summed E-state index contributed by atoms with van der Waals surface area (Å²) in [5.41, 5.74) is 2.64. The van der Waals surface area contributed by atoms with E-state index in [1.165, 1.54) is 5.56 Å². The van der Waals surface area contributed by atoms with Crippen molar-refractivity contribution in [1.82, 2.24) is 5.32 Å². The first-order chi connectivity index (χ1) is 13.1. The third-order valence-electron chi connectivity index (χ3n) is 4.34. The average molecular weight is 448 g/mol. The first-order valence-electron chi connectivity index (χ1n) is 9.96. The van der Waals surface area contributed by atoms with E-state index in [0.29, 0.717) is 13.2 Å². The van der Waals surface area contributed by atoms with Gasteiger partial charge >= 0.3 is 0 Å². The van der Waals surface area contributed by atoms with E-state index < -0.39 is 0 Å². The number of ether oxygens (including phenoxy) is 2. The molecule has 0 fully saturated rings. The van der Waals surface area contributed by atoms with E-state index in [4.69, 9.17) is 9.47 Å². The number of hydrogen-bond acceptors (Lipinski definition) is 3. The maximum absolute atomic E-state index is 6.08. The highest BCUT2D eigenvalue weighted by Gasteiger charge is 2.25. The van der Waals surface area contributed by atoms with Crippen molar-refractivity contribution in [1.29, 1.82) is 0 Å². The fraction of sp³-hybridized carbons (Fsp3) is 0.500. The summed E-state index contributed by atoms with van der Waals surface area (Å²) in [5.74, 6) is 1.53. The molecule has 0 spiro atoms. The third-order valence-corrected chi connectivity index (χ3v) is 4.93. The maximum Gasteiger partial charge on any atom is 0.175 e. The minimum atomic E-state index is 0.0545. The molecule has 2 aromatic carbocycles. The van der Waals surface area contributed by atoms with Crippen LogP contribution in [0, 0.1) is 5.41 Å². The summed E-state index contributed by atoms with van der Waals surface area (Å²) >= 11 is 3.68. The lowest BCUT2D eigenvalue weighted by Crippen LogP contribution is -2.41. The Kier molecular flexibility index (Phi) is 7.97. The summed E-state index contributed by atoms with van der Waals surface area (Å²) in [6.07, 6.45) is 1.09. The van der Waals surface area contributed by atoms with Gasteiger partial charge in [0.25, 0.3) is 0 Å². The Morgan fingerprint density at radius 3 is 2.21 bits per heavy atom. The highest BCUT2D eigenvalue weighted by molar-refractivity contribution is 9.10. The molecule has 0 aliphatic rings. The molecular formula is C24H34BrNO2.